The fraction of sp³-hybridized carbons (Fsp3) is 0.200. The minimum Gasteiger partial charge on any atom is -0.483 e. The lowest BCUT2D eigenvalue weighted by atomic mass is 10.0. The molecule has 2 nitrogen and oxygen atoms in total. The highest BCUT2D eigenvalue weighted by Crippen LogP contribution is 2.32. The van der Waals surface area contributed by atoms with Crippen LogP contribution in [0.5, 0.6) is 5.75 Å². The largest absolute Gasteiger partial charge is 0.483 e. The molecule has 0 fully saturated rings. The first kappa shape index (κ1) is 15.3. The molecule has 0 aliphatic carbocycles. The van der Waals surface area contributed by atoms with E-state index in [9.17, 15) is 4.39 Å². The van der Waals surface area contributed by atoms with Crippen LogP contribution in [-0.4, -0.2) is 6.04 Å². The summed E-state index contributed by atoms with van der Waals surface area (Å²) in [5, 5.41) is 0.501. The van der Waals surface area contributed by atoms with E-state index in [1.54, 1.807) is 24.3 Å². The minimum absolute atomic E-state index is 0.268. The maximum Gasteiger partial charge on any atom is 0.140 e. The summed E-state index contributed by atoms with van der Waals surface area (Å²) in [5.41, 5.74) is 6.77. The first-order valence-corrected chi connectivity index (χ1v) is 7.27. The fourth-order valence-corrected chi connectivity index (χ4v) is 2.34. The quantitative estimate of drug-likeness (QED) is 0.859. The van der Waals surface area contributed by atoms with Gasteiger partial charge in [-0.3, -0.25) is 0 Å². The predicted octanol–water partition coefficient (Wildman–Crippen LogP) is 4.71. The zero-order valence-corrected chi connectivity index (χ0v) is 13.2. The Hall–Kier alpha value is -1.10. The van der Waals surface area contributed by atoms with Crippen molar-refractivity contribution in [1.29, 1.82) is 0 Å². The Morgan fingerprint density at radius 3 is 2.45 bits per heavy atom. The van der Waals surface area contributed by atoms with Gasteiger partial charge in [-0.15, -0.1) is 0 Å². The molecule has 2 atom stereocenters. The van der Waals surface area contributed by atoms with Crippen LogP contribution in [0.3, 0.4) is 0 Å². The number of hydrogen-bond acceptors (Lipinski definition) is 2. The van der Waals surface area contributed by atoms with Crippen LogP contribution in [0, 0.1) is 5.82 Å². The van der Waals surface area contributed by atoms with Gasteiger partial charge in [-0.2, -0.15) is 0 Å². The highest BCUT2D eigenvalue weighted by molar-refractivity contribution is 9.10. The van der Waals surface area contributed by atoms with E-state index in [0.717, 1.165) is 10.0 Å². The second-order valence-corrected chi connectivity index (χ2v) is 5.85. The van der Waals surface area contributed by atoms with Gasteiger partial charge in [0.25, 0.3) is 0 Å². The average molecular weight is 359 g/mol. The van der Waals surface area contributed by atoms with E-state index in [-0.39, 0.29) is 11.9 Å². The molecule has 0 saturated carbocycles. The second kappa shape index (κ2) is 6.57. The van der Waals surface area contributed by atoms with Gasteiger partial charge in [0.15, 0.2) is 0 Å². The molecule has 2 N–H and O–H groups in total. The van der Waals surface area contributed by atoms with E-state index in [0.29, 0.717) is 10.8 Å². The molecule has 0 aliphatic heterocycles. The van der Waals surface area contributed by atoms with E-state index in [4.69, 9.17) is 22.1 Å². The lowest BCUT2D eigenvalue weighted by molar-refractivity contribution is 0.180. The van der Waals surface area contributed by atoms with E-state index < -0.39 is 6.10 Å². The first-order chi connectivity index (χ1) is 9.47. The van der Waals surface area contributed by atoms with Gasteiger partial charge in [-0.05, 0) is 42.8 Å². The fourth-order valence-electron chi connectivity index (χ4n) is 1.84. The van der Waals surface area contributed by atoms with Crippen LogP contribution in [0.4, 0.5) is 4.39 Å². The Labute approximate surface area is 130 Å². The molecule has 2 aromatic carbocycles. The third-order valence-corrected chi connectivity index (χ3v) is 3.63. The number of rotatable bonds is 4. The molecule has 106 valence electrons. The van der Waals surface area contributed by atoms with Crippen molar-refractivity contribution in [2.45, 2.75) is 19.1 Å². The molecule has 0 amide bonds. The van der Waals surface area contributed by atoms with Crippen molar-refractivity contribution in [3.8, 4) is 5.75 Å². The molecule has 2 rings (SSSR count). The van der Waals surface area contributed by atoms with Gasteiger partial charge >= 0.3 is 0 Å². The second-order valence-electron chi connectivity index (χ2n) is 4.52. The van der Waals surface area contributed by atoms with Crippen molar-refractivity contribution >= 4 is 27.5 Å². The lowest BCUT2D eigenvalue weighted by Crippen LogP contribution is -2.29. The lowest BCUT2D eigenvalue weighted by Gasteiger charge is -2.23. The molecule has 0 bridgehead atoms. The average Bonchev–Trinajstić information content (AvgIpc) is 2.40. The van der Waals surface area contributed by atoms with Gasteiger partial charge in [-0.1, -0.05) is 39.7 Å². The zero-order chi connectivity index (χ0) is 14.7. The number of halogens is 3. The van der Waals surface area contributed by atoms with E-state index >= 15 is 0 Å². The SMILES string of the molecule is CC(N)C(Oc1cc(Br)ccc1Cl)c1ccc(F)cc1. The summed E-state index contributed by atoms with van der Waals surface area (Å²) in [7, 11) is 0. The zero-order valence-electron chi connectivity index (χ0n) is 10.8. The van der Waals surface area contributed by atoms with Crippen LogP contribution >= 0.6 is 27.5 Å². The van der Waals surface area contributed by atoms with Gasteiger partial charge in [0, 0.05) is 10.5 Å². The van der Waals surface area contributed by atoms with E-state index in [1.807, 2.05) is 13.0 Å². The predicted molar refractivity (Wildman–Crippen MR) is 82.6 cm³/mol. The molecule has 5 heteroatoms. The summed E-state index contributed by atoms with van der Waals surface area (Å²) in [6.45, 7) is 1.83. The van der Waals surface area contributed by atoms with Crippen molar-refractivity contribution in [2.24, 2.45) is 5.73 Å². The summed E-state index contributed by atoms with van der Waals surface area (Å²) >= 11 is 9.48. The smallest absolute Gasteiger partial charge is 0.140 e. The third kappa shape index (κ3) is 3.72. The first-order valence-electron chi connectivity index (χ1n) is 6.10. The number of ether oxygens (including phenoxy) is 1. The summed E-state index contributed by atoms with van der Waals surface area (Å²) in [6, 6.07) is 11.2. The highest BCUT2D eigenvalue weighted by atomic mass is 79.9. The molecular formula is C15H14BrClFNO. The molecule has 0 aliphatic rings. The van der Waals surface area contributed by atoms with Gasteiger partial charge in [-0.25, -0.2) is 4.39 Å². The van der Waals surface area contributed by atoms with Crippen LogP contribution in [0.15, 0.2) is 46.9 Å². The molecule has 20 heavy (non-hydrogen) atoms. The number of hydrogen-bond donors (Lipinski definition) is 1. The third-order valence-electron chi connectivity index (χ3n) is 2.82. The Kier molecular flexibility index (Phi) is 5.02. The van der Waals surface area contributed by atoms with Crippen LogP contribution in [-0.2, 0) is 0 Å². The van der Waals surface area contributed by atoms with E-state index in [1.165, 1.54) is 12.1 Å². The summed E-state index contributed by atoms with van der Waals surface area (Å²) in [5.74, 6) is 0.241. The van der Waals surface area contributed by atoms with Crippen LogP contribution in [0.25, 0.3) is 0 Å². The minimum atomic E-state index is -0.401. The van der Waals surface area contributed by atoms with Crippen LogP contribution < -0.4 is 10.5 Å². The number of nitrogens with two attached hydrogens (primary N) is 1. The summed E-state index contributed by atoms with van der Waals surface area (Å²) in [6.07, 6.45) is -0.401. The molecule has 0 aromatic heterocycles. The normalized spacial score (nSPS) is 13.8. The van der Waals surface area contributed by atoms with Crippen LogP contribution in [0.1, 0.15) is 18.6 Å². The van der Waals surface area contributed by atoms with E-state index in [2.05, 4.69) is 15.9 Å². The molecule has 0 saturated heterocycles. The van der Waals surface area contributed by atoms with Crippen molar-refractivity contribution in [2.75, 3.05) is 0 Å². The molecule has 2 unspecified atom stereocenters. The topological polar surface area (TPSA) is 35.2 Å². The van der Waals surface area contributed by atoms with Crippen molar-refractivity contribution in [1.82, 2.24) is 0 Å². The van der Waals surface area contributed by atoms with Crippen molar-refractivity contribution in [3.05, 3.63) is 63.3 Å². The van der Waals surface area contributed by atoms with Crippen molar-refractivity contribution < 1.29 is 9.13 Å². The number of benzene rings is 2. The van der Waals surface area contributed by atoms with Crippen LogP contribution in [0.2, 0.25) is 5.02 Å². The Morgan fingerprint density at radius 1 is 1.20 bits per heavy atom. The molecule has 0 spiro atoms. The molecular weight excluding hydrogens is 345 g/mol. The Morgan fingerprint density at radius 2 is 1.85 bits per heavy atom. The summed E-state index contributed by atoms with van der Waals surface area (Å²) < 4.78 is 19.8. The Balaban J connectivity index is 2.30. The van der Waals surface area contributed by atoms with Gasteiger partial charge in [0.2, 0.25) is 0 Å². The maximum atomic E-state index is 13.0. The molecule has 0 radical (unpaired) electrons. The molecule has 2 aromatic rings. The highest BCUT2D eigenvalue weighted by Gasteiger charge is 2.19. The van der Waals surface area contributed by atoms with Gasteiger partial charge in [0.05, 0.1) is 5.02 Å². The molecule has 0 heterocycles. The standard InChI is InChI=1S/C15H14BrClFNO/c1-9(19)15(10-2-5-12(18)6-3-10)20-14-8-11(16)4-7-13(14)17/h2-9,15H,19H2,1H3. The maximum absolute atomic E-state index is 13.0. The summed E-state index contributed by atoms with van der Waals surface area (Å²) in [4.78, 5) is 0. The Bertz CT molecular complexity index is 589. The van der Waals surface area contributed by atoms with Crippen molar-refractivity contribution in [3.63, 3.8) is 0 Å². The monoisotopic (exact) mass is 357 g/mol. The van der Waals surface area contributed by atoms with Gasteiger partial charge < -0.3 is 10.5 Å². The van der Waals surface area contributed by atoms with Gasteiger partial charge in [0.1, 0.15) is 17.7 Å².